The summed E-state index contributed by atoms with van der Waals surface area (Å²) in [7, 11) is 0. The number of carbonyl (C=O) groups excluding carboxylic acids is 1. The lowest BCUT2D eigenvalue weighted by molar-refractivity contribution is 0.170. The van der Waals surface area contributed by atoms with E-state index >= 15 is 0 Å². The van der Waals surface area contributed by atoms with Crippen molar-refractivity contribution >= 4 is 6.09 Å². The lowest BCUT2D eigenvalue weighted by atomic mass is 10.3. The second-order valence-corrected chi connectivity index (χ2v) is 2.73. The van der Waals surface area contributed by atoms with Gasteiger partial charge in [-0.15, -0.1) is 0 Å². The van der Waals surface area contributed by atoms with Gasteiger partial charge < -0.3 is 19.9 Å². The highest BCUT2D eigenvalue weighted by Crippen LogP contribution is 2.33. The zero-order valence-electron chi connectivity index (χ0n) is 7.36. The van der Waals surface area contributed by atoms with Crippen molar-refractivity contribution in [3.05, 3.63) is 18.2 Å². The van der Waals surface area contributed by atoms with Crippen LogP contribution in [0.25, 0.3) is 0 Å². The Morgan fingerprint density at radius 2 is 2.00 bits per heavy atom. The predicted molar refractivity (Wildman–Crippen MR) is 47.6 cm³/mol. The first kappa shape index (κ1) is 8.68. The summed E-state index contributed by atoms with van der Waals surface area (Å²) in [6, 6.07) is 4.84. The topological polar surface area (TPSA) is 70.8 Å². The molecule has 0 aromatic heterocycles. The van der Waals surface area contributed by atoms with Gasteiger partial charge in [0.15, 0.2) is 11.5 Å². The van der Waals surface area contributed by atoms with Gasteiger partial charge in [0.1, 0.15) is 19.0 Å². The van der Waals surface area contributed by atoms with Crippen molar-refractivity contribution in [2.75, 3.05) is 13.2 Å². The number of amides is 1. The Morgan fingerprint density at radius 3 is 2.71 bits per heavy atom. The smallest absolute Gasteiger partial charge is 0.409 e. The van der Waals surface area contributed by atoms with Crippen LogP contribution in [-0.4, -0.2) is 19.3 Å². The highest BCUT2D eigenvalue weighted by Gasteiger charge is 2.12. The van der Waals surface area contributed by atoms with E-state index < -0.39 is 6.09 Å². The molecule has 0 unspecified atom stereocenters. The molecule has 74 valence electrons. The molecule has 0 saturated heterocycles. The minimum atomic E-state index is -0.846. The molecule has 0 bridgehead atoms. The Balaban J connectivity index is 2.24. The van der Waals surface area contributed by atoms with Crippen molar-refractivity contribution in [2.45, 2.75) is 0 Å². The van der Waals surface area contributed by atoms with Gasteiger partial charge in [-0.3, -0.25) is 0 Å². The van der Waals surface area contributed by atoms with Crippen LogP contribution in [0.15, 0.2) is 18.2 Å². The second kappa shape index (κ2) is 3.45. The molecular weight excluding hydrogens is 186 g/mol. The molecule has 1 aromatic carbocycles. The molecule has 5 nitrogen and oxygen atoms in total. The van der Waals surface area contributed by atoms with Crippen LogP contribution in [0, 0.1) is 0 Å². The minimum absolute atomic E-state index is 0.349. The summed E-state index contributed by atoms with van der Waals surface area (Å²) in [6.07, 6.45) is -0.846. The van der Waals surface area contributed by atoms with Crippen LogP contribution in [0.4, 0.5) is 4.79 Å². The maximum absolute atomic E-state index is 10.5. The molecule has 2 rings (SSSR count). The van der Waals surface area contributed by atoms with Gasteiger partial charge in [-0.25, -0.2) is 4.79 Å². The lowest BCUT2D eigenvalue weighted by Crippen LogP contribution is -2.17. The molecule has 14 heavy (non-hydrogen) atoms. The molecule has 0 aliphatic carbocycles. The zero-order chi connectivity index (χ0) is 9.97. The Hall–Kier alpha value is -1.91. The van der Waals surface area contributed by atoms with E-state index in [2.05, 4.69) is 4.74 Å². The summed E-state index contributed by atoms with van der Waals surface area (Å²) in [5, 5.41) is 0. The second-order valence-electron chi connectivity index (χ2n) is 2.73. The van der Waals surface area contributed by atoms with Crippen LogP contribution in [0.1, 0.15) is 0 Å². The fourth-order valence-electron chi connectivity index (χ4n) is 1.20. The van der Waals surface area contributed by atoms with E-state index in [-0.39, 0.29) is 0 Å². The summed E-state index contributed by atoms with van der Waals surface area (Å²) < 4.78 is 15.3. The number of carbonyl (C=O) groups is 1. The van der Waals surface area contributed by atoms with Crippen molar-refractivity contribution < 1.29 is 19.0 Å². The molecule has 0 radical (unpaired) electrons. The fraction of sp³-hybridized carbons (Fsp3) is 0.222. The van der Waals surface area contributed by atoms with E-state index in [1.165, 1.54) is 0 Å². The molecule has 1 aromatic rings. The van der Waals surface area contributed by atoms with Crippen LogP contribution >= 0.6 is 0 Å². The van der Waals surface area contributed by atoms with E-state index in [1.807, 2.05) is 0 Å². The Labute approximate surface area is 80.4 Å². The Morgan fingerprint density at radius 1 is 1.29 bits per heavy atom. The van der Waals surface area contributed by atoms with Gasteiger partial charge in [0, 0.05) is 6.07 Å². The number of ether oxygens (including phenoxy) is 3. The number of primary amides is 1. The molecular formula is C9H9NO4. The third-order valence-corrected chi connectivity index (χ3v) is 1.73. The van der Waals surface area contributed by atoms with Gasteiger partial charge in [-0.2, -0.15) is 0 Å². The Bertz CT molecular complexity index is 364. The number of benzene rings is 1. The third kappa shape index (κ3) is 1.71. The molecule has 0 spiro atoms. The quantitative estimate of drug-likeness (QED) is 0.723. The summed E-state index contributed by atoms with van der Waals surface area (Å²) in [5.41, 5.74) is 4.87. The van der Waals surface area contributed by atoms with Crippen molar-refractivity contribution in [3.63, 3.8) is 0 Å². The molecule has 0 fully saturated rings. The van der Waals surface area contributed by atoms with Gasteiger partial charge in [0.25, 0.3) is 0 Å². The number of rotatable bonds is 1. The molecule has 1 aliphatic heterocycles. The van der Waals surface area contributed by atoms with Crippen LogP contribution < -0.4 is 19.9 Å². The molecule has 0 saturated carbocycles. The number of hydrogen-bond acceptors (Lipinski definition) is 4. The van der Waals surface area contributed by atoms with Crippen LogP contribution in [0.2, 0.25) is 0 Å². The number of hydrogen-bond donors (Lipinski definition) is 1. The first-order chi connectivity index (χ1) is 6.75. The van der Waals surface area contributed by atoms with Gasteiger partial charge in [-0.05, 0) is 12.1 Å². The zero-order valence-corrected chi connectivity index (χ0v) is 7.36. The summed E-state index contributed by atoms with van der Waals surface area (Å²) in [5.74, 6) is 1.56. The van der Waals surface area contributed by atoms with Crippen molar-refractivity contribution in [3.8, 4) is 17.2 Å². The van der Waals surface area contributed by atoms with E-state index in [0.717, 1.165) is 0 Å². The monoisotopic (exact) mass is 195 g/mol. The SMILES string of the molecule is NC(=O)Oc1ccc2c(c1)OCCO2. The highest BCUT2D eigenvalue weighted by atomic mass is 16.6. The summed E-state index contributed by atoms with van der Waals surface area (Å²) >= 11 is 0. The van der Waals surface area contributed by atoms with E-state index in [0.29, 0.717) is 30.5 Å². The van der Waals surface area contributed by atoms with Crippen LogP contribution in [-0.2, 0) is 0 Å². The van der Waals surface area contributed by atoms with E-state index in [1.54, 1.807) is 18.2 Å². The molecule has 1 amide bonds. The van der Waals surface area contributed by atoms with Gasteiger partial charge in [-0.1, -0.05) is 0 Å². The largest absolute Gasteiger partial charge is 0.486 e. The molecule has 1 aliphatic rings. The average Bonchev–Trinajstić information content (AvgIpc) is 2.17. The molecule has 0 atom stereocenters. The molecule has 2 N–H and O–H groups in total. The maximum Gasteiger partial charge on any atom is 0.409 e. The van der Waals surface area contributed by atoms with Crippen molar-refractivity contribution in [1.82, 2.24) is 0 Å². The van der Waals surface area contributed by atoms with E-state index in [9.17, 15) is 4.79 Å². The minimum Gasteiger partial charge on any atom is -0.486 e. The van der Waals surface area contributed by atoms with Gasteiger partial charge in [0.2, 0.25) is 0 Å². The Kier molecular flexibility index (Phi) is 2.14. The lowest BCUT2D eigenvalue weighted by Gasteiger charge is -2.18. The van der Waals surface area contributed by atoms with Crippen LogP contribution in [0.3, 0.4) is 0 Å². The number of fused-ring (bicyclic) bond motifs is 1. The summed E-state index contributed by atoms with van der Waals surface area (Å²) in [4.78, 5) is 10.5. The average molecular weight is 195 g/mol. The van der Waals surface area contributed by atoms with Crippen LogP contribution in [0.5, 0.6) is 17.2 Å². The molecule has 5 heteroatoms. The van der Waals surface area contributed by atoms with E-state index in [4.69, 9.17) is 15.2 Å². The molecule has 1 heterocycles. The third-order valence-electron chi connectivity index (χ3n) is 1.73. The standard InChI is InChI=1S/C9H9NO4/c10-9(11)14-6-1-2-7-8(5-6)13-4-3-12-7/h1-2,5H,3-4H2,(H2,10,11). The predicted octanol–water partition coefficient (Wildman–Crippen LogP) is 0.915. The fourth-order valence-corrected chi connectivity index (χ4v) is 1.20. The van der Waals surface area contributed by atoms with Crippen molar-refractivity contribution in [1.29, 1.82) is 0 Å². The first-order valence-electron chi connectivity index (χ1n) is 4.12. The maximum atomic E-state index is 10.5. The summed E-state index contributed by atoms with van der Waals surface area (Å²) in [6.45, 7) is 1.02. The van der Waals surface area contributed by atoms with Gasteiger partial charge >= 0.3 is 6.09 Å². The van der Waals surface area contributed by atoms with Gasteiger partial charge in [0.05, 0.1) is 0 Å². The first-order valence-corrected chi connectivity index (χ1v) is 4.12. The highest BCUT2D eigenvalue weighted by molar-refractivity contribution is 5.68. The van der Waals surface area contributed by atoms with Crippen molar-refractivity contribution in [2.24, 2.45) is 5.73 Å². The normalized spacial score (nSPS) is 13.4. The number of nitrogens with two attached hydrogens (primary N) is 1.